The van der Waals surface area contributed by atoms with Gasteiger partial charge in [-0.1, -0.05) is 30.3 Å². The number of aromatic nitrogens is 1. The Bertz CT molecular complexity index is 935. The molecule has 0 aliphatic rings. The highest BCUT2D eigenvalue weighted by atomic mass is 19.4. The number of nitrogens with zero attached hydrogens (tertiary/aromatic N) is 1. The second-order valence-electron chi connectivity index (χ2n) is 5.44. The van der Waals surface area contributed by atoms with Crippen molar-refractivity contribution >= 4 is 17.0 Å². The average Bonchev–Trinajstić information content (AvgIpc) is 3.03. The monoisotopic (exact) mass is 370 g/mol. The number of nitrogens with one attached hydrogen (secondary N) is 1. The molecule has 0 bridgehead atoms. The molecule has 1 N–H and O–H groups in total. The van der Waals surface area contributed by atoms with Crippen molar-refractivity contribution < 1.29 is 31.2 Å². The van der Waals surface area contributed by atoms with E-state index >= 15 is 0 Å². The highest BCUT2D eigenvalue weighted by Gasteiger charge is 2.62. The van der Waals surface area contributed by atoms with Crippen molar-refractivity contribution in [1.29, 1.82) is 0 Å². The molecular weight excluding hydrogens is 359 g/mol. The summed E-state index contributed by atoms with van der Waals surface area (Å²) in [6, 6.07) is 12.5. The summed E-state index contributed by atoms with van der Waals surface area (Å²) in [6.45, 7) is 0.228. The zero-order valence-electron chi connectivity index (χ0n) is 13.0. The third kappa shape index (κ3) is 3.37. The van der Waals surface area contributed by atoms with Gasteiger partial charge in [-0.2, -0.15) is 22.0 Å². The van der Waals surface area contributed by atoms with Crippen LogP contribution in [0.4, 0.5) is 22.0 Å². The van der Waals surface area contributed by atoms with Gasteiger partial charge in [0.15, 0.2) is 5.58 Å². The van der Waals surface area contributed by atoms with Crippen LogP contribution in [-0.2, 0) is 12.5 Å². The minimum absolute atomic E-state index is 0.0476. The third-order valence-electron chi connectivity index (χ3n) is 3.57. The van der Waals surface area contributed by atoms with Crippen LogP contribution < -0.4 is 5.32 Å². The SMILES string of the molecule is O=C(NCc1ccccc1)c1ccc2nc(C(F)(F)C(F)(F)F)oc2c1. The number of halogens is 5. The lowest BCUT2D eigenvalue weighted by atomic mass is 10.2. The van der Waals surface area contributed by atoms with Gasteiger partial charge in [0.05, 0.1) is 0 Å². The molecule has 1 amide bonds. The number of fused-ring (bicyclic) bond motifs is 1. The van der Waals surface area contributed by atoms with Crippen LogP contribution in [-0.4, -0.2) is 17.1 Å². The Hall–Kier alpha value is -2.97. The van der Waals surface area contributed by atoms with Crippen molar-refractivity contribution in [1.82, 2.24) is 10.3 Å². The van der Waals surface area contributed by atoms with Gasteiger partial charge in [-0.15, -0.1) is 0 Å². The molecule has 0 spiro atoms. The summed E-state index contributed by atoms with van der Waals surface area (Å²) >= 11 is 0. The minimum Gasteiger partial charge on any atom is -0.435 e. The average molecular weight is 370 g/mol. The summed E-state index contributed by atoms with van der Waals surface area (Å²) in [5, 5.41) is 2.61. The van der Waals surface area contributed by atoms with Crippen LogP contribution in [0.1, 0.15) is 21.8 Å². The largest absolute Gasteiger partial charge is 0.463 e. The first-order chi connectivity index (χ1) is 12.2. The molecule has 1 heterocycles. The van der Waals surface area contributed by atoms with Crippen LogP contribution in [0, 0.1) is 0 Å². The van der Waals surface area contributed by atoms with E-state index in [1.165, 1.54) is 6.07 Å². The van der Waals surface area contributed by atoms with Crippen molar-refractivity contribution in [2.45, 2.75) is 18.6 Å². The van der Waals surface area contributed by atoms with Gasteiger partial charge in [-0.05, 0) is 23.8 Å². The van der Waals surface area contributed by atoms with Gasteiger partial charge in [0.2, 0.25) is 0 Å². The predicted octanol–water partition coefficient (Wildman–Crippen LogP) is 4.41. The Balaban J connectivity index is 1.82. The molecular formula is C17H11F5N2O2. The summed E-state index contributed by atoms with van der Waals surface area (Å²) in [5.74, 6) is -7.51. The zero-order chi connectivity index (χ0) is 18.9. The first-order valence-electron chi connectivity index (χ1n) is 7.36. The molecule has 0 saturated carbocycles. The first-order valence-corrected chi connectivity index (χ1v) is 7.36. The Morgan fingerprint density at radius 1 is 1.04 bits per heavy atom. The summed E-state index contributed by atoms with van der Waals surface area (Å²) in [4.78, 5) is 15.3. The lowest BCUT2D eigenvalue weighted by Gasteiger charge is -2.15. The number of carbonyl (C=O) groups is 1. The van der Waals surface area contributed by atoms with Crippen LogP contribution in [0.2, 0.25) is 0 Å². The van der Waals surface area contributed by atoms with Crippen molar-refractivity contribution in [3.63, 3.8) is 0 Å². The first kappa shape index (κ1) is 17.8. The minimum atomic E-state index is -5.83. The van der Waals surface area contributed by atoms with E-state index < -0.39 is 23.9 Å². The fraction of sp³-hybridized carbons (Fsp3) is 0.176. The van der Waals surface area contributed by atoms with E-state index in [2.05, 4.69) is 14.7 Å². The Morgan fingerprint density at radius 3 is 2.38 bits per heavy atom. The molecule has 0 radical (unpaired) electrons. The molecule has 136 valence electrons. The highest BCUT2D eigenvalue weighted by molar-refractivity contribution is 5.97. The summed E-state index contributed by atoms with van der Waals surface area (Å²) in [7, 11) is 0. The highest BCUT2D eigenvalue weighted by Crippen LogP contribution is 2.44. The zero-order valence-corrected chi connectivity index (χ0v) is 13.0. The molecule has 26 heavy (non-hydrogen) atoms. The number of alkyl halides is 5. The van der Waals surface area contributed by atoms with Crippen LogP contribution in [0.5, 0.6) is 0 Å². The van der Waals surface area contributed by atoms with Gasteiger partial charge in [0.25, 0.3) is 11.8 Å². The molecule has 4 nitrogen and oxygen atoms in total. The van der Waals surface area contributed by atoms with E-state index in [0.717, 1.165) is 17.7 Å². The number of oxazole rings is 1. The van der Waals surface area contributed by atoms with E-state index in [9.17, 15) is 26.7 Å². The number of hydrogen-bond donors (Lipinski definition) is 1. The van der Waals surface area contributed by atoms with Gasteiger partial charge in [0.1, 0.15) is 5.52 Å². The van der Waals surface area contributed by atoms with Crippen LogP contribution in [0.15, 0.2) is 52.9 Å². The third-order valence-corrected chi connectivity index (χ3v) is 3.57. The van der Waals surface area contributed by atoms with E-state index in [1.807, 2.05) is 6.07 Å². The molecule has 3 aromatic rings. The van der Waals surface area contributed by atoms with Crippen LogP contribution >= 0.6 is 0 Å². The fourth-order valence-electron chi connectivity index (χ4n) is 2.20. The quantitative estimate of drug-likeness (QED) is 0.692. The summed E-state index contributed by atoms with van der Waals surface area (Å²) < 4.78 is 68.4. The second-order valence-corrected chi connectivity index (χ2v) is 5.44. The van der Waals surface area contributed by atoms with Crippen molar-refractivity contribution in [2.24, 2.45) is 0 Å². The van der Waals surface area contributed by atoms with E-state index in [1.54, 1.807) is 24.3 Å². The summed E-state index contributed by atoms with van der Waals surface area (Å²) in [5.41, 5.74) is 0.347. The maximum absolute atomic E-state index is 13.3. The van der Waals surface area contributed by atoms with Gasteiger partial charge < -0.3 is 9.73 Å². The predicted molar refractivity (Wildman–Crippen MR) is 81.6 cm³/mol. The van der Waals surface area contributed by atoms with E-state index in [0.29, 0.717) is 0 Å². The Labute approximate surface area is 143 Å². The number of hydrogen-bond acceptors (Lipinski definition) is 3. The normalized spacial score (nSPS) is 12.3. The molecule has 0 aliphatic carbocycles. The van der Waals surface area contributed by atoms with E-state index in [4.69, 9.17) is 0 Å². The lowest BCUT2D eigenvalue weighted by Crippen LogP contribution is -2.33. The number of carbonyl (C=O) groups excluding carboxylic acids is 1. The molecule has 1 aromatic heterocycles. The number of rotatable bonds is 4. The molecule has 9 heteroatoms. The Morgan fingerprint density at radius 2 is 1.73 bits per heavy atom. The molecule has 0 unspecified atom stereocenters. The summed E-state index contributed by atoms with van der Waals surface area (Å²) in [6.07, 6.45) is -5.83. The second kappa shape index (κ2) is 6.40. The molecule has 2 aromatic carbocycles. The van der Waals surface area contributed by atoms with Gasteiger partial charge in [-0.3, -0.25) is 4.79 Å². The van der Waals surface area contributed by atoms with Gasteiger partial charge >= 0.3 is 12.1 Å². The van der Waals surface area contributed by atoms with Gasteiger partial charge in [-0.25, -0.2) is 4.98 Å². The van der Waals surface area contributed by atoms with Crippen molar-refractivity contribution in [2.75, 3.05) is 0 Å². The topological polar surface area (TPSA) is 55.1 Å². The van der Waals surface area contributed by atoms with Crippen molar-refractivity contribution in [3.05, 3.63) is 65.5 Å². The molecule has 3 rings (SSSR count). The molecule has 0 aliphatic heterocycles. The van der Waals surface area contributed by atoms with Gasteiger partial charge in [0, 0.05) is 12.1 Å². The number of amides is 1. The lowest BCUT2D eigenvalue weighted by molar-refractivity contribution is -0.297. The Kier molecular flexibility index (Phi) is 4.39. The standard InChI is InChI=1S/C17H11F5N2O2/c18-16(19,17(20,21)22)15-24-12-7-6-11(8-13(12)26-15)14(25)23-9-10-4-2-1-3-5-10/h1-8H,9H2,(H,23,25). The maximum Gasteiger partial charge on any atom is 0.463 e. The number of benzene rings is 2. The van der Waals surface area contributed by atoms with E-state index in [-0.39, 0.29) is 23.2 Å². The smallest absolute Gasteiger partial charge is 0.435 e. The van der Waals surface area contributed by atoms with Crippen LogP contribution in [0.25, 0.3) is 11.1 Å². The molecule has 0 atom stereocenters. The van der Waals surface area contributed by atoms with Crippen molar-refractivity contribution in [3.8, 4) is 0 Å². The molecule has 0 fully saturated rings. The fourth-order valence-corrected chi connectivity index (χ4v) is 2.20. The molecule has 0 saturated heterocycles. The van der Waals surface area contributed by atoms with Crippen LogP contribution in [0.3, 0.4) is 0 Å². The maximum atomic E-state index is 13.3.